The zero-order chi connectivity index (χ0) is 15.8. The van der Waals surface area contributed by atoms with Crippen LogP contribution in [0, 0.1) is 0 Å². The third-order valence-electron chi connectivity index (χ3n) is 2.56. The lowest BCUT2D eigenvalue weighted by Crippen LogP contribution is -2.30. The Bertz CT molecular complexity index is 274. The van der Waals surface area contributed by atoms with Gasteiger partial charge in [0, 0.05) is 33.7 Å². The molecule has 0 saturated heterocycles. The van der Waals surface area contributed by atoms with E-state index in [-0.39, 0.29) is 18.4 Å². The fourth-order valence-corrected chi connectivity index (χ4v) is 1.54. The number of nitrogens with one attached hydrogen (secondary N) is 2. The molecule has 0 atom stereocenters. The Labute approximate surface area is 126 Å². The van der Waals surface area contributed by atoms with Gasteiger partial charge in [0.05, 0.1) is 19.8 Å². The van der Waals surface area contributed by atoms with Crippen molar-refractivity contribution in [2.75, 3.05) is 53.2 Å². The van der Waals surface area contributed by atoms with Crippen molar-refractivity contribution in [3.05, 3.63) is 0 Å². The molecular formula is C14H28N2O5. The molecule has 0 aliphatic rings. The first kappa shape index (κ1) is 19.8. The summed E-state index contributed by atoms with van der Waals surface area (Å²) >= 11 is 0. The highest BCUT2D eigenvalue weighted by Gasteiger charge is 1.98. The van der Waals surface area contributed by atoms with Gasteiger partial charge in [0.15, 0.2) is 0 Å². The second-order valence-electron chi connectivity index (χ2n) is 4.55. The van der Waals surface area contributed by atoms with E-state index in [9.17, 15) is 9.59 Å². The summed E-state index contributed by atoms with van der Waals surface area (Å²) in [7, 11) is 1.48. The predicted molar refractivity (Wildman–Crippen MR) is 79.1 cm³/mol. The largest absolute Gasteiger partial charge is 0.379 e. The van der Waals surface area contributed by atoms with Crippen molar-refractivity contribution >= 4 is 11.8 Å². The van der Waals surface area contributed by atoms with Crippen LogP contribution in [0.4, 0.5) is 0 Å². The number of amides is 2. The molecule has 0 bridgehead atoms. The van der Waals surface area contributed by atoms with E-state index in [0.29, 0.717) is 33.0 Å². The van der Waals surface area contributed by atoms with E-state index in [2.05, 4.69) is 15.4 Å². The molecule has 124 valence electrons. The summed E-state index contributed by atoms with van der Waals surface area (Å²) in [5, 5.41) is 5.42. The van der Waals surface area contributed by atoms with E-state index in [1.165, 1.54) is 14.0 Å². The van der Waals surface area contributed by atoms with Crippen molar-refractivity contribution < 1.29 is 23.8 Å². The maximum atomic E-state index is 11.0. The van der Waals surface area contributed by atoms with E-state index in [4.69, 9.17) is 9.47 Å². The Kier molecular flexibility index (Phi) is 14.4. The second kappa shape index (κ2) is 15.2. The van der Waals surface area contributed by atoms with Crippen LogP contribution in [0.25, 0.3) is 0 Å². The van der Waals surface area contributed by atoms with E-state index in [1.807, 2.05) is 0 Å². The Morgan fingerprint density at radius 2 is 1.57 bits per heavy atom. The molecule has 0 fully saturated rings. The molecule has 0 aliphatic carbocycles. The molecule has 2 amide bonds. The predicted octanol–water partition coefficient (Wildman–Crippen LogP) is 0.0886. The Balaban J connectivity index is 3.06. The molecule has 2 N–H and O–H groups in total. The molecule has 0 unspecified atom stereocenters. The number of hydrogen-bond donors (Lipinski definition) is 2. The van der Waals surface area contributed by atoms with Crippen LogP contribution in [0.3, 0.4) is 0 Å². The van der Waals surface area contributed by atoms with Crippen LogP contribution in [-0.4, -0.2) is 65.0 Å². The average Bonchev–Trinajstić information content (AvgIpc) is 2.44. The van der Waals surface area contributed by atoms with E-state index < -0.39 is 0 Å². The zero-order valence-electron chi connectivity index (χ0n) is 13.1. The van der Waals surface area contributed by atoms with Gasteiger partial charge >= 0.3 is 0 Å². The highest BCUT2D eigenvalue weighted by atomic mass is 16.5. The minimum atomic E-state index is -0.142. The average molecular weight is 304 g/mol. The molecule has 0 radical (unpaired) electrons. The number of rotatable bonds is 14. The maximum Gasteiger partial charge on any atom is 0.246 e. The van der Waals surface area contributed by atoms with Gasteiger partial charge in [-0.1, -0.05) is 0 Å². The Morgan fingerprint density at radius 1 is 0.857 bits per heavy atom. The summed E-state index contributed by atoms with van der Waals surface area (Å²) in [4.78, 5) is 21.6. The molecule has 21 heavy (non-hydrogen) atoms. The van der Waals surface area contributed by atoms with Crippen LogP contribution in [0.5, 0.6) is 0 Å². The lowest BCUT2D eigenvalue weighted by Gasteiger charge is -2.07. The summed E-state index contributed by atoms with van der Waals surface area (Å²) in [6, 6.07) is 0. The van der Waals surface area contributed by atoms with Crippen molar-refractivity contribution in [2.45, 2.75) is 26.2 Å². The van der Waals surface area contributed by atoms with Crippen molar-refractivity contribution in [3.63, 3.8) is 0 Å². The molecule has 0 rings (SSSR count). The van der Waals surface area contributed by atoms with Gasteiger partial charge in [0.2, 0.25) is 11.8 Å². The van der Waals surface area contributed by atoms with E-state index >= 15 is 0 Å². The lowest BCUT2D eigenvalue weighted by molar-refractivity contribution is -0.125. The number of methoxy groups -OCH3 is 1. The van der Waals surface area contributed by atoms with Gasteiger partial charge in [0.1, 0.15) is 6.61 Å². The first-order valence-electron chi connectivity index (χ1n) is 7.32. The highest BCUT2D eigenvalue weighted by molar-refractivity contribution is 5.77. The zero-order valence-corrected chi connectivity index (χ0v) is 13.1. The minimum absolute atomic E-state index is 0.0156. The molecule has 0 aromatic rings. The van der Waals surface area contributed by atoms with Crippen LogP contribution in [-0.2, 0) is 23.8 Å². The van der Waals surface area contributed by atoms with Gasteiger partial charge in [0.25, 0.3) is 0 Å². The van der Waals surface area contributed by atoms with Crippen molar-refractivity contribution in [1.29, 1.82) is 0 Å². The SMILES string of the molecule is COCC(=O)NCCOCCOCCCCCNC(C)=O. The molecule has 7 heteroatoms. The van der Waals surface area contributed by atoms with Crippen molar-refractivity contribution in [1.82, 2.24) is 10.6 Å². The Morgan fingerprint density at radius 3 is 2.24 bits per heavy atom. The molecule has 7 nitrogen and oxygen atoms in total. The molecule has 0 spiro atoms. The monoisotopic (exact) mass is 304 g/mol. The molecule has 0 saturated carbocycles. The standard InChI is InChI=1S/C14H28N2O5/c1-13(17)15-6-4-3-5-8-20-10-11-21-9-7-16-14(18)12-19-2/h3-12H2,1-2H3,(H,15,17)(H,16,18). The minimum Gasteiger partial charge on any atom is -0.379 e. The fourth-order valence-electron chi connectivity index (χ4n) is 1.54. The molecule has 0 aromatic carbocycles. The summed E-state index contributed by atoms with van der Waals surface area (Å²) in [6.07, 6.45) is 2.99. The second-order valence-corrected chi connectivity index (χ2v) is 4.55. The van der Waals surface area contributed by atoms with E-state index in [0.717, 1.165) is 25.8 Å². The summed E-state index contributed by atoms with van der Waals surface area (Å²) in [6.45, 7) is 5.04. The lowest BCUT2D eigenvalue weighted by atomic mass is 10.2. The number of unbranched alkanes of at least 4 members (excludes halogenated alkanes) is 2. The van der Waals surface area contributed by atoms with Gasteiger partial charge < -0.3 is 24.8 Å². The smallest absolute Gasteiger partial charge is 0.246 e. The summed E-state index contributed by atoms with van der Waals surface area (Å²) in [5.41, 5.74) is 0. The third kappa shape index (κ3) is 16.8. The molecule has 0 heterocycles. The number of carbonyl (C=O) groups is 2. The van der Waals surface area contributed by atoms with Crippen LogP contribution in [0.2, 0.25) is 0 Å². The first-order chi connectivity index (χ1) is 10.2. The topological polar surface area (TPSA) is 85.9 Å². The summed E-state index contributed by atoms with van der Waals surface area (Å²) < 4.78 is 15.4. The quantitative estimate of drug-likeness (QED) is 0.444. The van der Waals surface area contributed by atoms with E-state index in [1.54, 1.807) is 0 Å². The first-order valence-corrected chi connectivity index (χ1v) is 7.32. The van der Waals surface area contributed by atoms with Crippen LogP contribution < -0.4 is 10.6 Å². The maximum absolute atomic E-state index is 11.0. The molecule has 0 aliphatic heterocycles. The normalized spacial score (nSPS) is 10.4. The third-order valence-corrected chi connectivity index (χ3v) is 2.56. The number of carbonyl (C=O) groups excluding carboxylic acids is 2. The van der Waals surface area contributed by atoms with Gasteiger partial charge in [-0.25, -0.2) is 0 Å². The fraction of sp³-hybridized carbons (Fsp3) is 0.857. The number of hydrogen-bond acceptors (Lipinski definition) is 5. The van der Waals surface area contributed by atoms with Crippen LogP contribution >= 0.6 is 0 Å². The van der Waals surface area contributed by atoms with Crippen LogP contribution in [0.15, 0.2) is 0 Å². The van der Waals surface area contributed by atoms with Crippen molar-refractivity contribution in [3.8, 4) is 0 Å². The summed E-state index contributed by atoms with van der Waals surface area (Å²) in [5.74, 6) is -0.126. The van der Waals surface area contributed by atoms with Crippen molar-refractivity contribution in [2.24, 2.45) is 0 Å². The van der Waals surface area contributed by atoms with Crippen LogP contribution in [0.1, 0.15) is 26.2 Å². The van der Waals surface area contributed by atoms with Gasteiger partial charge in [-0.2, -0.15) is 0 Å². The van der Waals surface area contributed by atoms with Gasteiger partial charge in [-0.15, -0.1) is 0 Å². The Hall–Kier alpha value is -1.18. The van der Waals surface area contributed by atoms with Gasteiger partial charge in [-0.3, -0.25) is 9.59 Å². The number of ether oxygens (including phenoxy) is 3. The highest BCUT2D eigenvalue weighted by Crippen LogP contribution is 1.94. The molecule has 0 aromatic heterocycles. The molecular weight excluding hydrogens is 276 g/mol. The van der Waals surface area contributed by atoms with Gasteiger partial charge in [-0.05, 0) is 19.3 Å².